The van der Waals surface area contributed by atoms with E-state index in [1.54, 1.807) is 19.1 Å². The predicted octanol–water partition coefficient (Wildman–Crippen LogP) is 2.96. The molecule has 1 fully saturated rings. The smallest absolute Gasteiger partial charge is 0.493 e. The fourth-order valence-corrected chi connectivity index (χ4v) is 3.49. The van der Waals surface area contributed by atoms with E-state index in [9.17, 15) is 4.79 Å². The zero-order valence-electron chi connectivity index (χ0n) is 14.0. The standard InChI is InChI=1S/C16H21NO5S2/c1-4-21-16(18)22-14-12(19-2)9-11(10-13(14)20-3)15(23)17-5-7-24-8-6-17/h9-10H,4-8H2,1-3H3. The van der Waals surface area contributed by atoms with Crippen molar-refractivity contribution >= 4 is 35.1 Å². The highest BCUT2D eigenvalue weighted by molar-refractivity contribution is 7.99. The fraction of sp³-hybridized carbons (Fsp3) is 0.500. The number of hydrogen-bond donors (Lipinski definition) is 0. The highest BCUT2D eigenvalue weighted by atomic mass is 32.2. The summed E-state index contributed by atoms with van der Waals surface area (Å²) in [5, 5.41) is 0. The molecule has 0 aliphatic carbocycles. The van der Waals surface area contributed by atoms with E-state index >= 15 is 0 Å². The molecule has 1 saturated heterocycles. The quantitative estimate of drug-likeness (QED) is 0.445. The van der Waals surface area contributed by atoms with E-state index in [0.29, 0.717) is 11.5 Å². The van der Waals surface area contributed by atoms with Crippen LogP contribution in [0, 0.1) is 0 Å². The second kappa shape index (κ2) is 8.98. The summed E-state index contributed by atoms with van der Waals surface area (Å²) < 4.78 is 20.7. The minimum Gasteiger partial charge on any atom is -0.493 e. The van der Waals surface area contributed by atoms with Crippen LogP contribution in [0.5, 0.6) is 17.2 Å². The van der Waals surface area contributed by atoms with Crippen LogP contribution in [-0.2, 0) is 4.74 Å². The fourth-order valence-electron chi connectivity index (χ4n) is 2.28. The molecule has 2 rings (SSSR count). The molecular weight excluding hydrogens is 350 g/mol. The molecule has 0 unspecified atom stereocenters. The van der Waals surface area contributed by atoms with Crippen molar-refractivity contribution in [1.82, 2.24) is 4.90 Å². The first-order valence-electron chi connectivity index (χ1n) is 7.58. The Balaban J connectivity index is 2.31. The first kappa shape index (κ1) is 18.7. The van der Waals surface area contributed by atoms with Crippen LogP contribution in [-0.4, -0.2) is 61.5 Å². The molecule has 0 saturated carbocycles. The Kier molecular flexibility index (Phi) is 6.99. The van der Waals surface area contributed by atoms with Crippen molar-refractivity contribution in [2.24, 2.45) is 0 Å². The average Bonchev–Trinajstić information content (AvgIpc) is 2.62. The van der Waals surface area contributed by atoms with E-state index in [2.05, 4.69) is 4.90 Å². The summed E-state index contributed by atoms with van der Waals surface area (Å²) in [7, 11) is 2.99. The lowest BCUT2D eigenvalue weighted by Gasteiger charge is -2.29. The summed E-state index contributed by atoms with van der Waals surface area (Å²) in [4.78, 5) is 14.5. The topological polar surface area (TPSA) is 57.2 Å². The van der Waals surface area contributed by atoms with Gasteiger partial charge in [-0.2, -0.15) is 11.8 Å². The Bertz CT molecular complexity index is 577. The summed E-state index contributed by atoms with van der Waals surface area (Å²) in [5.41, 5.74) is 0.793. The number of benzene rings is 1. The molecular formula is C16H21NO5S2. The van der Waals surface area contributed by atoms with Crippen LogP contribution < -0.4 is 14.2 Å². The van der Waals surface area contributed by atoms with Gasteiger partial charge in [0.1, 0.15) is 4.99 Å². The van der Waals surface area contributed by atoms with Gasteiger partial charge in [0.25, 0.3) is 0 Å². The van der Waals surface area contributed by atoms with Crippen molar-refractivity contribution in [3.63, 3.8) is 0 Å². The molecule has 6 nitrogen and oxygen atoms in total. The maximum absolute atomic E-state index is 11.6. The van der Waals surface area contributed by atoms with Crippen LogP contribution in [0.1, 0.15) is 12.5 Å². The summed E-state index contributed by atoms with van der Waals surface area (Å²) in [6, 6.07) is 3.50. The highest BCUT2D eigenvalue weighted by Gasteiger charge is 2.22. The van der Waals surface area contributed by atoms with E-state index in [1.807, 2.05) is 11.8 Å². The van der Waals surface area contributed by atoms with Crippen LogP contribution in [0.15, 0.2) is 12.1 Å². The number of ether oxygens (including phenoxy) is 4. The Hall–Kier alpha value is -1.67. The Morgan fingerprint density at radius 2 is 1.79 bits per heavy atom. The molecule has 132 valence electrons. The van der Waals surface area contributed by atoms with Gasteiger partial charge in [-0.15, -0.1) is 0 Å². The van der Waals surface area contributed by atoms with E-state index < -0.39 is 6.16 Å². The van der Waals surface area contributed by atoms with Crippen molar-refractivity contribution in [1.29, 1.82) is 0 Å². The maximum Gasteiger partial charge on any atom is 0.514 e. The van der Waals surface area contributed by atoms with Gasteiger partial charge in [-0.3, -0.25) is 0 Å². The number of carbonyl (C=O) groups excluding carboxylic acids is 1. The summed E-state index contributed by atoms with van der Waals surface area (Å²) in [6.07, 6.45) is -0.808. The van der Waals surface area contributed by atoms with Crippen LogP contribution in [0.4, 0.5) is 4.79 Å². The van der Waals surface area contributed by atoms with Crippen LogP contribution in [0.25, 0.3) is 0 Å². The first-order valence-corrected chi connectivity index (χ1v) is 9.14. The summed E-state index contributed by atoms with van der Waals surface area (Å²) >= 11 is 7.52. The molecule has 0 bridgehead atoms. The normalized spacial score (nSPS) is 14.0. The third-order valence-corrected chi connectivity index (χ3v) is 4.89. The summed E-state index contributed by atoms with van der Waals surface area (Å²) in [6.45, 7) is 3.75. The van der Waals surface area contributed by atoms with Gasteiger partial charge in [-0.05, 0) is 19.1 Å². The van der Waals surface area contributed by atoms with Crippen LogP contribution in [0.2, 0.25) is 0 Å². The lowest BCUT2D eigenvalue weighted by molar-refractivity contribution is 0.102. The Morgan fingerprint density at radius 1 is 1.21 bits per heavy atom. The molecule has 0 radical (unpaired) electrons. The lowest BCUT2D eigenvalue weighted by atomic mass is 10.1. The molecule has 1 heterocycles. The largest absolute Gasteiger partial charge is 0.514 e. The number of rotatable bonds is 5. The third-order valence-electron chi connectivity index (χ3n) is 3.45. The van der Waals surface area contributed by atoms with Gasteiger partial charge in [-0.1, -0.05) is 12.2 Å². The first-order chi connectivity index (χ1) is 11.6. The maximum atomic E-state index is 11.6. The second-order valence-electron chi connectivity index (χ2n) is 4.90. The van der Waals surface area contributed by atoms with Gasteiger partial charge in [0.15, 0.2) is 11.5 Å². The summed E-state index contributed by atoms with van der Waals surface area (Å²) in [5.74, 6) is 3.02. The van der Waals surface area contributed by atoms with Gasteiger partial charge in [0, 0.05) is 30.2 Å². The minimum absolute atomic E-state index is 0.180. The molecule has 0 amide bonds. The number of thioether (sulfide) groups is 1. The Labute approximate surface area is 151 Å². The Morgan fingerprint density at radius 3 is 2.29 bits per heavy atom. The van der Waals surface area contributed by atoms with E-state index in [0.717, 1.165) is 35.1 Å². The SMILES string of the molecule is CCOC(=O)Oc1c(OC)cc(C(=S)N2CCSCC2)cc1OC. The van der Waals surface area contributed by atoms with Crippen LogP contribution in [0.3, 0.4) is 0 Å². The van der Waals surface area contributed by atoms with Crippen LogP contribution >= 0.6 is 24.0 Å². The second-order valence-corrected chi connectivity index (χ2v) is 6.51. The van der Waals surface area contributed by atoms with Gasteiger partial charge < -0.3 is 23.8 Å². The van der Waals surface area contributed by atoms with Crippen molar-refractivity contribution in [3.05, 3.63) is 17.7 Å². The lowest BCUT2D eigenvalue weighted by Crippen LogP contribution is -2.37. The van der Waals surface area contributed by atoms with Crippen molar-refractivity contribution in [2.45, 2.75) is 6.92 Å². The molecule has 0 atom stereocenters. The molecule has 1 aromatic rings. The number of thiocarbonyl (C=S) groups is 1. The molecule has 0 aromatic heterocycles. The molecule has 1 aliphatic rings. The molecule has 0 N–H and O–H groups in total. The number of nitrogens with zero attached hydrogens (tertiary/aromatic N) is 1. The molecule has 1 aromatic carbocycles. The molecule has 1 aliphatic heterocycles. The molecule has 0 spiro atoms. The van der Waals surface area contributed by atoms with Gasteiger partial charge >= 0.3 is 6.16 Å². The number of carbonyl (C=O) groups is 1. The van der Waals surface area contributed by atoms with Gasteiger partial charge in [-0.25, -0.2) is 4.79 Å². The average molecular weight is 371 g/mol. The highest BCUT2D eigenvalue weighted by Crippen LogP contribution is 2.39. The van der Waals surface area contributed by atoms with Crippen molar-refractivity contribution < 1.29 is 23.7 Å². The van der Waals surface area contributed by atoms with Gasteiger partial charge in [0.2, 0.25) is 5.75 Å². The monoisotopic (exact) mass is 371 g/mol. The zero-order valence-corrected chi connectivity index (χ0v) is 15.6. The third kappa shape index (κ3) is 4.45. The number of hydrogen-bond acceptors (Lipinski definition) is 7. The van der Waals surface area contributed by atoms with Crippen molar-refractivity contribution in [2.75, 3.05) is 45.4 Å². The van der Waals surface area contributed by atoms with Crippen molar-refractivity contribution in [3.8, 4) is 17.2 Å². The predicted molar refractivity (Wildman–Crippen MR) is 97.8 cm³/mol. The van der Waals surface area contributed by atoms with E-state index in [1.165, 1.54) is 14.2 Å². The minimum atomic E-state index is -0.808. The van der Waals surface area contributed by atoms with Gasteiger partial charge in [0.05, 0.1) is 20.8 Å². The molecule has 24 heavy (non-hydrogen) atoms. The number of methoxy groups -OCH3 is 2. The van der Waals surface area contributed by atoms with E-state index in [4.69, 9.17) is 31.2 Å². The van der Waals surface area contributed by atoms with E-state index in [-0.39, 0.29) is 12.4 Å². The zero-order chi connectivity index (χ0) is 17.5. The molecule has 8 heteroatoms.